The first-order chi connectivity index (χ1) is 14.3. The van der Waals surface area contributed by atoms with Crippen LogP contribution in [0.1, 0.15) is 54.4 Å². The van der Waals surface area contributed by atoms with Crippen molar-refractivity contribution < 1.29 is 31.1 Å². The van der Waals surface area contributed by atoms with Gasteiger partial charge in [-0.15, -0.1) is 0 Å². The van der Waals surface area contributed by atoms with Crippen molar-refractivity contribution in [1.82, 2.24) is 10.6 Å². The number of hydrogen-bond donors (Lipinski definition) is 2. The second-order valence-electron chi connectivity index (χ2n) is 9.84. The number of carbonyl (C=O) groups is 1. The smallest absolute Gasteiger partial charge is 0.319 e. The van der Waals surface area contributed by atoms with E-state index in [9.17, 15) is 31.1 Å². The Morgan fingerprint density at radius 2 is 1.48 bits per heavy atom. The highest BCUT2D eigenvalue weighted by Crippen LogP contribution is 2.60. The van der Waals surface area contributed by atoms with Crippen molar-refractivity contribution in [1.29, 1.82) is 0 Å². The van der Waals surface area contributed by atoms with Gasteiger partial charge in [-0.2, -0.15) is 26.3 Å². The molecule has 1 aromatic carbocycles. The quantitative estimate of drug-likeness (QED) is 0.471. The largest absolute Gasteiger partial charge is 0.434 e. The van der Waals surface area contributed by atoms with Gasteiger partial charge in [-0.25, -0.2) is 0 Å². The number of rotatable bonds is 5. The summed E-state index contributed by atoms with van der Waals surface area (Å²) in [6.07, 6.45) is -6.55. The molecule has 0 spiro atoms. The minimum Gasteiger partial charge on any atom is -0.319 e. The van der Waals surface area contributed by atoms with Gasteiger partial charge in [0.2, 0.25) is 0 Å². The van der Waals surface area contributed by atoms with Gasteiger partial charge < -0.3 is 5.32 Å². The van der Waals surface area contributed by atoms with E-state index < -0.39 is 35.9 Å². The molecule has 0 heterocycles. The van der Waals surface area contributed by atoms with E-state index in [1.54, 1.807) is 18.3 Å². The normalized spacial score (nSPS) is 30.5. The van der Waals surface area contributed by atoms with Crippen molar-refractivity contribution >= 4 is 5.91 Å². The molecule has 4 bridgehead atoms. The summed E-state index contributed by atoms with van der Waals surface area (Å²) in [4.78, 5) is 12.5. The van der Waals surface area contributed by atoms with E-state index in [2.05, 4.69) is 0 Å². The van der Waals surface area contributed by atoms with Crippen LogP contribution in [0.3, 0.4) is 0 Å². The topological polar surface area (TPSA) is 41.1 Å². The van der Waals surface area contributed by atoms with Gasteiger partial charge in [0.1, 0.15) is 0 Å². The maximum Gasteiger partial charge on any atom is 0.434 e. The molecule has 4 aliphatic carbocycles. The zero-order chi connectivity index (χ0) is 22.7. The first-order valence-electron chi connectivity index (χ1n) is 10.6. The summed E-state index contributed by atoms with van der Waals surface area (Å²) in [5.41, 5.74) is -4.79. The van der Waals surface area contributed by atoms with Crippen molar-refractivity contribution in [2.75, 3.05) is 6.54 Å². The minimum atomic E-state index is -5.77. The fourth-order valence-corrected chi connectivity index (χ4v) is 6.40. The number of amides is 1. The lowest BCUT2D eigenvalue weighted by Crippen LogP contribution is -2.76. The molecule has 3 nitrogen and oxygen atoms in total. The van der Waals surface area contributed by atoms with Crippen LogP contribution in [-0.2, 0) is 0 Å². The Morgan fingerprint density at radius 3 is 1.94 bits per heavy atom. The molecule has 1 aromatic rings. The van der Waals surface area contributed by atoms with Crippen molar-refractivity contribution in [3.8, 4) is 0 Å². The number of aryl methyl sites for hydroxylation is 1. The van der Waals surface area contributed by atoms with Crippen LogP contribution in [0.4, 0.5) is 26.3 Å². The maximum absolute atomic E-state index is 14.0. The Balaban J connectivity index is 1.62. The Morgan fingerprint density at radius 1 is 0.968 bits per heavy atom. The van der Waals surface area contributed by atoms with E-state index in [0.717, 1.165) is 19.3 Å². The third-order valence-electron chi connectivity index (χ3n) is 7.33. The second-order valence-corrected chi connectivity index (χ2v) is 9.84. The monoisotopic (exact) mass is 448 g/mol. The van der Waals surface area contributed by atoms with Gasteiger partial charge in [0.05, 0.1) is 0 Å². The van der Waals surface area contributed by atoms with E-state index in [0.29, 0.717) is 42.6 Å². The molecule has 31 heavy (non-hydrogen) atoms. The van der Waals surface area contributed by atoms with Crippen LogP contribution in [0.25, 0.3) is 0 Å². The van der Waals surface area contributed by atoms with Crippen LogP contribution < -0.4 is 10.6 Å². The van der Waals surface area contributed by atoms with Crippen LogP contribution >= 0.6 is 0 Å². The first-order valence-corrected chi connectivity index (χ1v) is 10.6. The van der Waals surface area contributed by atoms with Gasteiger partial charge in [0.15, 0.2) is 0 Å². The molecule has 0 unspecified atom stereocenters. The highest BCUT2D eigenvalue weighted by atomic mass is 19.4. The predicted octanol–water partition coefficient (Wildman–Crippen LogP) is 5.35. The fraction of sp³-hybridized carbons (Fsp3) is 0.682. The van der Waals surface area contributed by atoms with E-state index in [1.807, 2.05) is 0 Å². The Kier molecular flexibility index (Phi) is 5.34. The van der Waals surface area contributed by atoms with E-state index in [1.165, 1.54) is 23.5 Å². The number of nitrogens with one attached hydrogen (secondary N) is 2. The van der Waals surface area contributed by atoms with E-state index in [-0.39, 0.29) is 5.56 Å². The summed E-state index contributed by atoms with van der Waals surface area (Å²) in [7, 11) is 0. The highest BCUT2D eigenvalue weighted by Gasteiger charge is 2.72. The third-order valence-corrected chi connectivity index (χ3v) is 7.33. The summed E-state index contributed by atoms with van der Waals surface area (Å²) >= 11 is 0. The molecule has 0 radical (unpaired) electrons. The number of hydrogen-bond acceptors (Lipinski definition) is 2. The second kappa shape index (κ2) is 7.39. The van der Waals surface area contributed by atoms with Crippen LogP contribution in [0, 0.1) is 30.1 Å². The lowest BCUT2D eigenvalue weighted by molar-refractivity contribution is -0.316. The summed E-state index contributed by atoms with van der Waals surface area (Å²) in [6.45, 7) is 1.17. The standard InChI is InChI=1S/C22H26F6N2O/c1-13-3-2-4-17(5-13)18(31)30-20(21(23,24)25,22(26,27)28)29-12-19-9-14-6-15(10-19)8-16(7-14)11-19/h2-5,14-16,29H,6-12H2,1H3,(H,30,31). The Hall–Kier alpha value is -1.77. The Bertz CT molecular complexity index is 798. The fourth-order valence-electron chi connectivity index (χ4n) is 6.40. The summed E-state index contributed by atoms with van der Waals surface area (Å²) < 4.78 is 83.9. The maximum atomic E-state index is 14.0. The van der Waals surface area contributed by atoms with Crippen molar-refractivity contribution in [3.05, 3.63) is 35.4 Å². The lowest BCUT2D eigenvalue weighted by atomic mass is 9.49. The molecule has 9 heteroatoms. The molecule has 172 valence electrons. The molecule has 0 atom stereocenters. The molecule has 4 saturated carbocycles. The van der Waals surface area contributed by atoms with Gasteiger partial charge >= 0.3 is 12.4 Å². The van der Waals surface area contributed by atoms with Gasteiger partial charge in [-0.1, -0.05) is 17.7 Å². The molecular formula is C22H26F6N2O. The van der Waals surface area contributed by atoms with Crippen LogP contribution in [-0.4, -0.2) is 30.5 Å². The average Bonchev–Trinajstić information content (AvgIpc) is 2.61. The average molecular weight is 448 g/mol. The number of benzene rings is 1. The molecule has 1 amide bonds. The van der Waals surface area contributed by atoms with Crippen molar-refractivity contribution in [2.45, 2.75) is 63.5 Å². The van der Waals surface area contributed by atoms with Crippen LogP contribution in [0.15, 0.2) is 24.3 Å². The minimum absolute atomic E-state index is 0.255. The molecule has 4 fully saturated rings. The van der Waals surface area contributed by atoms with E-state index >= 15 is 0 Å². The Labute approximate surface area is 177 Å². The number of halogens is 6. The summed E-state index contributed by atoms with van der Waals surface area (Å²) in [5, 5.41) is 3.09. The number of alkyl halides is 6. The number of carbonyl (C=O) groups excluding carboxylic acids is 1. The molecule has 0 saturated heterocycles. The highest BCUT2D eigenvalue weighted by molar-refractivity contribution is 5.95. The van der Waals surface area contributed by atoms with Crippen molar-refractivity contribution in [3.63, 3.8) is 0 Å². The van der Waals surface area contributed by atoms with Crippen LogP contribution in [0.2, 0.25) is 0 Å². The molecule has 2 N–H and O–H groups in total. The SMILES string of the molecule is Cc1cccc(C(=O)NC(NCC23CC4CC(CC(C4)C2)C3)(C(F)(F)F)C(F)(F)F)c1. The van der Waals surface area contributed by atoms with Crippen LogP contribution in [0.5, 0.6) is 0 Å². The van der Waals surface area contributed by atoms with Crippen molar-refractivity contribution in [2.24, 2.45) is 23.2 Å². The van der Waals surface area contributed by atoms with Gasteiger partial charge in [0.25, 0.3) is 11.6 Å². The molecule has 0 aromatic heterocycles. The zero-order valence-electron chi connectivity index (χ0n) is 17.2. The van der Waals surface area contributed by atoms with Gasteiger partial charge in [-0.05, 0) is 80.8 Å². The summed E-state index contributed by atoms with van der Waals surface area (Å²) in [5.74, 6) is -0.292. The predicted molar refractivity (Wildman–Crippen MR) is 102 cm³/mol. The summed E-state index contributed by atoms with van der Waals surface area (Å²) in [6, 6.07) is 5.46. The lowest BCUT2D eigenvalue weighted by Gasteiger charge is -2.57. The molecular weight excluding hydrogens is 422 g/mol. The zero-order valence-corrected chi connectivity index (χ0v) is 17.2. The first kappa shape index (κ1) is 22.4. The van der Waals surface area contributed by atoms with Gasteiger partial charge in [-0.3, -0.25) is 10.1 Å². The molecule has 0 aliphatic heterocycles. The third kappa shape index (κ3) is 4.05. The molecule has 4 aliphatic rings. The van der Waals surface area contributed by atoms with Gasteiger partial charge in [0, 0.05) is 12.1 Å². The van der Waals surface area contributed by atoms with E-state index in [4.69, 9.17) is 0 Å². The molecule has 5 rings (SSSR count).